The first-order valence-corrected chi connectivity index (χ1v) is 4.28. The lowest BCUT2D eigenvalue weighted by molar-refractivity contribution is -0.226. The molecule has 0 aliphatic carbocycles. The van der Waals surface area contributed by atoms with Gasteiger partial charge >= 0.3 is 12.1 Å². The molecule has 0 saturated heterocycles. The van der Waals surface area contributed by atoms with Gasteiger partial charge in [-0.1, -0.05) is 5.16 Å². The maximum absolute atomic E-state index is 12.4. The average Bonchev–Trinajstić information content (AvgIpc) is 2.58. The van der Waals surface area contributed by atoms with Crippen molar-refractivity contribution in [1.82, 2.24) is 5.16 Å². The molecule has 0 saturated carbocycles. The van der Waals surface area contributed by atoms with Crippen molar-refractivity contribution in [3.63, 3.8) is 0 Å². The molecule has 88 valence electrons. The predicted molar refractivity (Wildman–Crippen MR) is 41.8 cm³/mol. The molecule has 8 heteroatoms. The van der Waals surface area contributed by atoms with Crippen LogP contribution in [-0.4, -0.2) is 28.5 Å². The molecule has 1 unspecified atom stereocenters. The zero-order valence-corrected chi connectivity index (χ0v) is 7.74. The first-order valence-electron chi connectivity index (χ1n) is 4.28. The van der Waals surface area contributed by atoms with Crippen LogP contribution in [0.3, 0.4) is 0 Å². The number of aromatic carboxylic acids is 1. The highest BCUT2D eigenvalue weighted by atomic mass is 19.4. The van der Waals surface area contributed by atoms with Crippen LogP contribution in [0.4, 0.5) is 13.2 Å². The van der Waals surface area contributed by atoms with Crippen LogP contribution in [0.2, 0.25) is 0 Å². The Kier molecular flexibility index (Phi) is 2.38. The van der Waals surface area contributed by atoms with E-state index in [1.54, 1.807) is 0 Å². The summed E-state index contributed by atoms with van der Waals surface area (Å²) in [5, 5.41) is 12.0. The number of nitrogens with zero attached hydrogens (tertiary/aromatic N) is 1. The number of halogens is 3. The largest absolute Gasteiger partial charge is 0.475 e. The van der Waals surface area contributed by atoms with E-state index in [-0.39, 0.29) is 11.3 Å². The van der Waals surface area contributed by atoms with Gasteiger partial charge in [-0.15, -0.1) is 0 Å². The van der Waals surface area contributed by atoms with Crippen LogP contribution in [0.15, 0.2) is 4.52 Å². The fourth-order valence-corrected chi connectivity index (χ4v) is 1.47. The molecule has 1 aliphatic heterocycles. The fraction of sp³-hybridized carbons (Fsp3) is 0.500. The third-order valence-corrected chi connectivity index (χ3v) is 2.24. The minimum Gasteiger partial charge on any atom is -0.475 e. The lowest BCUT2D eigenvalue weighted by Crippen LogP contribution is -2.36. The second-order valence-corrected chi connectivity index (χ2v) is 3.29. The van der Waals surface area contributed by atoms with Gasteiger partial charge < -0.3 is 14.4 Å². The molecule has 0 aromatic carbocycles. The van der Waals surface area contributed by atoms with Gasteiger partial charge in [-0.2, -0.15) is 13.2 Å². The van der Waals surface area contributed by atoms with Crippen LogP contribution in [0.1, 0.15) is 21.8 Å². The first kappa shape index (κ1) is 10.9. The van der Waals surface area contributed by atoms with Crippen molar-refractivity contribution >= 4 is 5.97 Å². The highest BCUT2D eigenvalue weighted by molar-refractivity contribution is 5.86. The topological polar surface area (TPSA) is 72.6 Å². The molecule has 0 bridgehead atoms. The smallest absolute Gasteiger partial charge is 0.414 e. The van der Waals surface area contributed by atoms with Crippen LogP contribution in [0.25, 0.3) is 0 Å². The number of ether oxygens (including phenoxy) is 1. The number of carboxylic acid groups (broad SMARTS) is 1. The van der Waals surface area contributed by atoms with Crippen LogP contribution in [-0.2, 0) is 17.8 Å². The van der Waals surface area contributed by atoms with Crippen molar-refractivity contribution < 1.29 is 32.3 Å². The molecule has 1 aliphatic rings. The van der Waals surface area contributed by atoms with Crippen LogP contribution >= 0.6 is 0 Å². The van der Waals surface area contributed by atoms with Gasteiger partial charge in [0, 0.05) is 12.0 Å². The van der Waals surface area contributed by atoms with Gasteiger partial charge in [0.2, 0.25) is 5.76 Å². The molecule has 0 fully saturated rings. The monoisotopic (exact) mass is 237 g/mol. The van der Waals surface area contributed by atoms with Crippen LogP contribution in [0.5, 0.6) is 0 Å². The maximum atomic E-state index is 12.4. The standard InChI is InChI=1S/C8H6F3NO4/c9-8(10,11)5-1-3-4(2-15-5)12-16-6(3)7(13)14/h5H,1-2H2,(H,13,14). The van der Waals surface area contributed by atoms with Gasteiger partial charge in [-0.25, -0.2) is 4.79 Å². The van der Waals surface area contributed by atoms with Crippen molar-refractivity contribution in [3.8, 4) is 0 Å². The number of carbonyl (C=O) groups is 1. The Morgan fingerprint density at radius 1 is 1.50 bits per heavy atom. The summed E-state index contributed by atoms with van der Waals surface area (Å²) in [7, 11) is 0. The fourth-order valence-electron chi connectivity index (χ4n) is 1.47. The third-order valence-electron chi connectivity index (χ3n) is 2.24. The summed E-state index contributed by atoms with van der Waals surface area (Å²) in [6, 6.07) is 0. The van der Waals surface area contributed by atoms with Gasteiger partial charge in [0.25, 0.3) is 0 Å². The summed E-state index contributed by atoms with van der Waals surface area (Å²) < 4.78 is 46.0. The molecule has 0 spiro atoms. The lowest BCUT2D eigenvalue weighted by Gasteiger charge is -2.23. The van der Waals surface area contributed by atoms with Crippen molar-refractivity contribution in [2.45, 2.75) is 25.3 Å². The number of rotatable bonds is 1. The minimum atomic E-state index is -4.52. The lowest BCUT2D eigenvalue weighted by atomic mass is 10.0. The molecule has 1 aromatic rings. The number of aromatic nitrogens is 1. The average molecular weight is 237 g/mol. The van der Waals surface area contributed by atoms with Gasteiger partial charge in [0.15, 0.2) is 6.10 Å². The summed E-state index contributed by atoms with van der Waals surface area (Å²) >= 11 is 0. The zero-order chi connectivity index (χ0) is 11.9. The number of alkyl halides is 3. The summed E-state index contributed by atoms with van der Waals surface area (Å²) in [6.07, 6.45) is -7.10. The van der Waals surface area contributed by atoms with E-state index in [2.05, 4.69) is 14.4 Å². The second kappa shape index (κ2) is 3.48. The molecule has 0 amide bonds. The molecule has 5 nitrogen and oxygen atoms in total. The van der Waals surface area contributed by atoms with E-state index >= 15 is 0 Å². The Morgan fingerprint density at radius 2 is 2.19 bits per heavy atom. The molecule has 0 radical (unpaired) electrons. The number of hydrogen-bond acceptors (Lipinski definition) is 4. The van der Waals surface area contributed by atoms with E-state index in [4.69, 9.17) is 5.11 Å². The molecular weight excluding hydrogens is 231 g/mol. The quantitative estimate of drug-likeness (QED) is 0.798. The molecular formula is C8H6F3NO4. The Bertz CT molecular complexity index is 425. The van der Waals surface area contributed by atoms with Gasteiger partial charge in [-0.05, 0) is 0 Å². The van der Waals surface area contributed by atoms with Crippen molar-refractivity contribution in [3.05, 3.63) is 17.0 Å². The van der Waals surface area contributed by atoms with E-state index in [0.717, 1.165) is 0 Å². The van der Waals surface area contributed by atoms with E-state index in [1.807, 2.05) is 0 Å². The number of carboxylic acids is 1. The van der Waals surface area contributed by atoms with Gasteiger partial charge in [0.1, 0.15) is 5.69 Å². The van der Waals surface area contributed by atoms with E-state index in [1.165, 1.54) is 0 Å². The molecule has 16 heavy (non-hydrogen) atoms. The molecule has 2 rings (SSSR count). The SMILES string of the molecule is O=C(O)c1onc2c1CC(C(F)(F)F)OC2. The third kappa shape index (κ3) is 1.75. The van der Waals surface area contributed by atoms with Gasteiger partial charge in [0.05, 0.1) is 6.61 Å². The summed E-state index contributed by atoms with van der Waals surface area (Å²) in [5.74, 6) is -1.98. The zero-order valence-electron chi connectivity index (χ0n) is 7.74. The highest BCUT2D eigenvalue weighted by Crippen LogP contribution is 2.32. The molecule has 1 N–H and O–H groups in total. The van der Waals surface area contributed by atoms with Crippen LogP contribution in [0, 0.1) is 0 Å². The predicted octanol–water partition coefficient (Wildman–Crippen LogP) is 1.38. The van der Waals surface area contributed by atoms with Crippen LogP contribution < -0.4 is 0 Å². The van der Waals surface area contributed by atoms with Crippen molar-refractivity contribution in [2.24, 2.45) is 0 Å². The molecule has 2 heterocycles. The Hall–Kier alpha value is -1.57. The van der Waals surface area contributed by atoms with E-state index < -0.39 is 37.0 Å². The number of fused-ring (bicyclic) bond motifs is 1. The maximum Gasteiger partial charge on any atom is 0.414 e. The Balaban J connectivity index is 2.31. The Labute approximate surface area is 86.8 Å². The Morgan fingerprint density at radius 3 is 2.75 bits per heavy atom. The summed E-state index contributed by atoms with van der Waals surface area (Å²) in [4.78, 5) is 10.6. The van der Waals surface area contributed by atoms with Crippen molar-refractivity contribution in [1.29, 1.82) is 0 Å². The first-order chi connectivity index (χ1) is 7.39. The highest BCUT2D eigenvalue weighted by Gasteiger charge is 2.44. The molecule has 1 aromatic heterocycles. The normalized spacial score (nSPS) is 20.6. The number of hydrogen-bond donors (Lipinski definition) is 1. The van der Waals surface area contributed by atoms with E-state index in [0.29, 0.717) is 0 Å². The molecule has 1 atom stereocenters. The summed E-state index contributed by atoms with van der Waals surface area (Å²) in [5.41, 5.74) is 0.0685. The van der Waals surface area contributed by atoms with E-state index in [9.17, 15) is 18.0 Å². The van der Waals surface area contributed by atoms with Crippen molar-refractivity contribution in [2.75, 3.05) is 0 Å². The van der Waals surface area contributed by atoms with Gasteiger partial charge in [-0.3, -0.25) is 0 Å². The summed E-state index contributed by atoms with van der Waals surface area (Å²) in [6.45, 7) is -0.393. The second-order valence-electron chi connectivity index (χ2n) is 3.29. The minimum absolute atomic E-state index is 0.0407.